The van der Waals surface area contributed by atoms with Crippen molar-refractivity contribution < 1.29 is 19.5 Å². The van der Waals surface area contributed by atoms with Crippen molar-refractivity contribution in [2.45, 2.75) is 66.5 Å². The van der Waals surface area contributed by atoms with Gasteiger partial charge in [0.05, 0.1) is 11.4 Å². The number of hydrogen-bond acceptors (Lipinski definition) is 4. The lowest BCUT2D eigenvalue weighted by Crippen LogP contribution is -2.35. The molecule has 0 aliphatic carbocycles. The first-order valence-electron chi connectivity index (χ1n) is 12.0. The van der Waals surface area contributed by atoms with Crippen LogP contribution in [0.4, 0.5) is 11.4 Å². The molecule has 0 spiro atoms. The number of nitrogens with zero attached hydrogens (tertiary/aromatic N) is 2. The fourth-order valence-electron chi connectivity index (χ4n) is 5.27. The Balaban J connectivity index is 1.69. The average molecular weight is 461 g/mol. The topological polar surface area (TPSA) is 77.9 Å². The predicted molar refractivity (Wildman–Crippen MR) is 133 cm³/mol. The highest BCUT2D eigenvalue weighted by Gasteiger charge is 2.38. The molecule has 3 amide bonds. The van der Waals surface area contributed by atoms with Gasteiger partial charge >= 0.3 is 0 Å². The third kappa shape index (κ3) is 4.07. The number of imide groups is 1. The Bertz CT molecular complexity index is 1200. The van der Waals surface area contributed by atoms with Crippen LogP contribution in [0, 0.1) is 19.8 Å². The van der Waals surface area contributed by atoms with Gasteiger partial charge in [-0.2, -0.15) is 0 Å². The van der Waals surface area contributed by atoms with E-state index in [9.17, 15) is 19.5 Å². The summed E-state index contributed by atoms with van der Waals surface area (Å²) in [5, 5.41) is 10.6. The van der Waals surface area contributed by atoms with E-state index < -0.39 is 6.23 Å². The highest BCUT2D eigenvalue weighted by molar-refractivity contribution is 6.28. The highest BCUT2D eigenvalue weighted by atomic mass is 16.3. The molecular weight excluding hydrogens is 428 g/mol. The summed E-state index contributed by atoms with van der Waals surface area (Å²) in [4.78, 5) is 40.0. The van der Waals surface area contributed by atoms with E-state index in [0.717, 1.165) is 45.5 Å². The number of anilines is 2. The second-order valence-electron chi connectivity index (χ2n) is 9.43. The van der Waals surface area contributed by atoms with Crippen molar-refractivity contribution in [1.29, 1.82) is 0 Å². The molecule has 0 bridgehead atoms. The summed E-state index contributed by atoms with van der Waals surface area (Å²) in [6, 6.07) is 8.32. The van der Waals surface area contributed by atoms with Crippen LogP contribution in [0.25, 0.3) is 0 Å². The molecule has 0 radical (unpaired) electrons. The molecule has 2 unspecified atom stereocenters. The van der Waals surface area contributed by atoms with E-state index in [2.05, 4.69) is 25.1 Å². The zero-order chi connectivity index (χ0) is 24.7. The molecule has 6 nitrogen and oxygen atoms in total. The van der Waals surface area contributed by atoms with Crippen molar-refractivity contribution in [2.75, 3.05) is 9.80 Å². The van der Waals surface area contributed by atoms with Gasteiger partial charge in [-0.05, 0) is 66.5 Å². The van der Waals surface area contributed by atoms with Crippen LogP contribution in [0.15, 0.2) is 36.4 Å². The van der Waals surface area contributed by atoms with E-state index in [1.54, 1.807) is 4.90 Å². The lowest BCUT2D eigenvalue weighted by atomic mass is 9.93. The summed E-state index contributed by atoms with van der Waals surface area (Å²) < 4.78 is 0. The van der Waals surface area contributed by atoms with Gasteiger partial charge in [-0.25, -0.2) is 4.90 Å². The van der Waals surface area contributed by atoms with Crippen molar-refractivity contribution >= 4 is 29.1 Å². The second kappa shape index (κ2) is 9.18. The summed E-state index contributed by atoms with van der Waals surface area (Å²) in [6.07, 6.45) is 4.33. The molecule has 6 heteroatoms. The number of carbonyl (C=O) groups is 3. The molecular formula is C28H32N2O4. The van der Waals surface area contributed by atoms with E-state index in [4.69, 9.17) is 0 Å². The van der Waals surface area contributed by atoms with Crippen LogP contribution in [-0.4, -0.2) is 29.1 Å². The monoisotopic (exact) mass is 460 g/mol. The van der Waals surface area contributed by atoms with Gasteiger partial charge in [-0.1, -0.05) is 45.0 Å². The average Bonchev–Trinajstić information content (AvgIpc) is 3.24. The van der Waals surface area contributed by atoms with Gasteiger partial charge in [0.15, 0.2) is 0 Å². The van der Waals surface area contributed by atoms with Crippen molar-refractivity contribution in [2.24, 2.45) is 5.92 Å². The fourth-order valence-corrected chi connectivity index (χ4v) is 5.27. The molecule has 2 heterocycles. The van der Waals surface area contributed by atoms with Crippen LogP contribution >= 0.6 is 0 Å². The molecule has 1 N–H and O–H groups in total. The van der Waals surface area contributed by atoms with Gasteiger partial charge in [0.1, 0.15) is 6.23 Å². The van der Waals surface area contributed by atoms with Crippen LogP contribution in [0.2, 0.25) is 0 Å². The third-order valence-electron chi connectivity index (χ3n) is 6.86. The van der Waals surface area contributed by atoms with E-state index in [0.29, 0.717) is 24.9 Å². The lowest BCUT2D eigenvalue weighted by Gasteiger charge is -2.27. The summed E-state index contributed by atoms with van der Waals surface area (Å²) in [6.45, 7) is 9.90. The normalized spacial score (nSPS) is 20.2. The van der Waals surface area contributed by atoms with Gasteiger partial charge in [-0.3, -0.25) is 19.3 Å². The Morgan fingerprint density at radius 3 is 1.82 bits per heavy atom. The molecule has 0 aromatic heterocycles. The minimum absolute atomic E-state index is 0.0372. The minimum atomic E-state index is -0.796. The molecule has 1 saturated heterocycles. The zero-order valence-corrected chi connectivity index (χ0v) is 20.5. The number of aryl methyl sites for hydroxylation is 4. The maximum absolute atomic E-state index is 12.6. The standard InChI is InChI=1S/C28H32N2O4/c1-6-21-14-19(10-16(3)26(21)29-23(31)8-9-24(29)32)13-20-11-17(4)27(22(7-2)15-20)30-25(33)12-18(5)28(30)34/h8-11,14-15,18,28,34H,6-7,12-13H2,1-5H3. The molecule has 2 aliphatic rings. The summed E-state index contributed by atoms with van der Waals surface area (Å²) in [7, 11) is 0. The number of rotatable bonds is 6. The van der Waals surface area contributed by atoms with Gasteiger partial charge in [0.25, 0.3) is 11.8 Å². The molecule has 4 rings (SSSR count). The molecule has 2 aromatic rings. The summed E-state index contributed by atoms with van der Waals surface area (Å²) >= 11 is 0. The van der Waals surface area contributed by atoms with Crippen molar-refractivity contribution in [3.63, 3.8) is 0 Å². The largest absolute Gasteiger partial charge is 0.373 e. The van der Waals surface area contributed by atoms with E-state index in [-0.39, 0.29) is 23.6 Å². The second-order valence-corrected chi connectivity index (χ2v) is 9.43. The Kier molecular flexibility index (Phi) is 6.45. The van der Waals surface area contributed by atoms with Crippen LogP contribution in [0.3, 0.4) is 0 Å². The van der Waals surface area contributed by atoms with Crippen LogP contribution < -0.4 is 9.80 Å². The first kappa shape index (κ1) is 23.9. The highest BCUT2D eigenvalue weighted by Crippen LogP contribution is 2.36. The fraction of sp³-hybridized carbons (Fsp3) is 0.393. The van der Waals surface area contributed by atoms with Crippen molar-refractivity contribution in [3.8, 4) is 0 Å². The zero-order valence-electron chi connectivity index (χ0n) is 20.5. The smallest absolute Gasteiger partial charge is 0.258 e. The number of aliphatic hydroxyl groups is 1. The Hall–Kier alpha value is -3.25. The van der Waals surface area contributed by atoms with Gasteiger partial charge < -0.3 is 5.11 Å². The first-order chi connectivity index (χ1) is 16.2. The Morgan fingerprint density at radius 2 is 1.35 bits per heavy atom. The van der Waals surface area contributed by atoms with E-state index in [1.165, 1.54) is 17.1 Å². The number of aliphatic hydroxyl groups excluding tert-OH is 1. The van der Waals surface area contributed by atoms with E-state index >= 15 is 0 Å². The molecule has 178 valence electrons. The molecule has 1 fully saturated rings. The van der Waals surface area contributed by atoms with Gasteiger partial charge in [-0.15, -0.1) is 0 Å². The SMILES string of the molecule is CCc1cc(Cc2cc(C)c(N3C(=O)CC(C)C3O)c(CC)c2)cc(C)c1N1C(=O)C=CC1=O. The maximum atomic E-state index is 12.6. The van der Waals surface area contributed by atoms with Crippen LogP contribution in [-0.2, 0) is 33.6 Å². The molecule has 34 heavy (non-hydrogen) atoms. The quantitative estimate of drug-likeness (QED) is 0.658. The summed E-state index contributed by atoms with van der Waals surface area (Å²) in [5.74, 6) is -0.732. The molecule has 0 saturated carbocycles. The van der Waals surface area contributed by atoms with Gasteiger partial charge in [0, 0.05) is 24.5 Å². The van der Waals surface area contributed by atoms with Crippen molar-refractivity contribution in [1.82, 2.24) is 0 Å². The molecule has 2 atom stereocenters. The lowest BCUT2D eigenvalue weighted by molar-refractivity contribution is -0.120. The third-order valence-corrected chi connectivity index (χ3v) is 6.86. The predicted octanol–water partition coefficient (Wildman–Crippen LogP) is 4.14. The Morgan fingerprint density at radius 1 is 0.853 bits per heavy atom. The molecule has 2 aliphatic heterocycles. The Labute approximate surface area is 200 Å². The maximum Gasteiger partial charge on any atom is 0.258 e. The number of hydrogen-bond donors (Lipinski definition) is 1. The van der Waals surface area contributed by atoms with E-state index in [1.807, 2.05) is 33.8 Å². The number of benzene rings is 2. The number of amides is 3. The van der Waals surface area contributed by atoms with Gasteiger partial charge in [0.2, 0.25) is 5.91 Å². The van der Waals surface area contributed by atoms with Crippen molar-refractivity contribution in [3.05, 3.63) is 69.8 Å². The number of carbonyl (C=O) groups excluding carboxylic acids is 3. The van der Waals surface area contributed by atoms with Crippen LogP contribution in [0.1, 0.15) is 60.6 Å². The molecule has 2 aromatic carbocycles. The summed E-state index contributed by atoms with van der Waals surface area (Å²) in [5.41, 5.74) is 7.60. The minimum Gasteiger partial charge on any atom is -0.373 e. The van der Waals surface area contributed by atoms with Crippen LogP contribution in [0.5, 0.6) is 0 Å². The first-order valence-corrected chi connectivity index (χ1v) is 12.0.